The van der Waals surface area contributed by atoms with Crippen LogP contribution in [-0.4, -0.2) is 14.8 Å². The van der Waals surface area contributed by atoms with Crippen LogP contribution >= 0.6 is 27.5 Å². The van der Waals surface area contributed by atoms with Crippen LogP contribution < -0.4 is 4.74 Å². The number of ether oxygens (including phenoxy) is 1. The van der Waals surface area contributed by atoms with E-state index in [4.69, 9.17) is 16.3 Å². The molecule has 2 rings (SSSR count). The summed E-state index contributed by atoms with van der Waals surface area (Å²) in [6.45, 7) is 2.49. The van der Waals surface area contributed by atoms with Gasteiger partial charge >= 0.3 is 0 Å². The molecule has 0 N–H and O–H groups in total. The highest BCUT2D eigenvalue weighted by Gasteiger charge is 2.12. The molecule has 2 aromatic heterocycles. The molecule has 0 spiro atoms. The van der Waals surface area contributed by atoms with Crippen LogP contribution in [-0.2, 0) is 20.1 Å². The first-order chi connectivity index (χ1) is 8.61. The van der Waals surface area contributed by atoms with Crippen LogP contribution in [0.4, 0.5) is 0 Å². The van der Waals surface area contributed by atoms with Crippen molar-refractivity contribution in [3.8, 4) is 5.75 Å². The zero-order chi connectivity index (χ0) is 13.1. The Morgan fingerprint density at radius 3 is 2.83 bits per heavy atom. The molecule has 0 unspecified atom stereocenters. The summed E-state index contributed by atoms with van der Waals surface area (Å²) in [4.78, 5) is 3.97. The van der Waals surface area contributed by atoms with Crippen molar-refractivity contribution in [3.05, 3.63) is 39.3 Å². The molecule has 2 aromatic rings. The maximum absolute atomic E-state index is 5.85. The Labute approximate surface area is 119 Å². The quantitative estimate of drug-likeness (QED) is 0.863. The van der Waals surface area contributed by atoms with Gasteiger partial charge in [-0.3, -0.25) is 9.67 Å². The number of rotatable bonds is 4. The maximum Gasteiger partial charge on any atom is 0.139 e. The Morgan fingerprint density at radius 1 is 1.44 bits per heavy atom. The van der Waals surface area contributed by atoms with Gasteiger partial charge in [0.1, 0.15) is 12.4 Å². The Hall–Kier alpha value is -1.07. The fourth-order valence-corrected chi connectivity index (χ4v) is 2.49. The van der Waals surface area contributed by atoms with Crippen LogP contribution in [0, 0.1) is 0 Å². The molecule has 0 saturated carbocycles. The van der Waals surface area contributed by atoms with E-state index in [0.29, 0.717) is 17.4 Å². The second-order valence-corrected chi connectivity index (χ2v) is 5.04. The van der Waals surface area contributed by atoms with Gasteiger partial charge < -0.3 is 4.74 Å². The minimum Gasteiger partial charge on any atom is -0.486 e. The van der Waals surface area contributed by atoms with Crippen molar-refractivity contribution in [3.63, 3.8) is 0 Å². The molecule has 18 heavy (non-hydrogen) atoms. The van der Waals surface area contributed by atoms with E-state index in [2.05, 4.69) is 32.9 Å². The molecule has 0 bridgehead atoms. The van der Waals surface area contributed by atoms with E-state index in [1.54, 1.807) is 18.5 Å². The van der Waals surface area contributed by atoms with Crippen molar-refractivity contribution in [1.29, 1.82) is 0 Å². The summed E-state index contributed by atoms with van der Waals surface area (Å²) in [5.41, 5.74) is 2.02. The predicted octanol–water partition coefficient (Wildman–Crippen LogP) is 3.37. The SMILES string of the molecule is CCc1nn(C)c(COc2cncc(Cl)c2)c1Br. The molecule has 2 heterocycles. The smallest absolute Gasteiger partial charge is 0.139 e. The standard InChI is InChI=1S/C12H13BrClN3O/c1-3-10-12(13)11(17(2)16-10)7-18-9-4-8(14)5-15-6-9/h4-6H,3,7H2,1-2H3. The van der Waals surface area contributed by atoms with Gasteiger partial charge in [-0.15, -0.1) is 0 Å². The van der Waals surface area contributed by atoms with Crippen LogP contribution in [0.3, 0.4) is 0 Å². The third-order valence-corrected chi connectivity index (χ3v) is 3.68. The summed E-state index contributed by atoms with van der Waals surface area (Å²) in [5.74, 6) is 0.647. The predicted molar refractivity (Wildman–Crippen MR) is 73.9 cm³/mol. The number of hydrogen-bond acceptors (Lipinski definition) is 3. The van der Waals surface area contributed by atoms with Crippen LogP contribution in [0.15, 0.2) is 22.9 Å². The lowest BCUT2D eigenvalue weighted by Gasteiger charge is -2.06. The minimum atomic E-state index is 0.423. The minimum absolute atomic E-state index is 0.423. The highest BCUT2D eigenvalue weighted by atomic mass is 79.9. The second-order valence-electron chi connectivity index (χ2n) is 3.81. The summed E-state index contributed by atoms with van der Waals surface area (Å²) in [6.07, 6.45) is 4.09. The lowest BCUT2D eigenvalue weighted by molar-refractivity contribution is 0.293. The second kappa shape index (κ2) is 5.71. The van der Waals surface area contributed by atoms with Crippen molar-refractivity contribution in [2.45, 2.75) is 20.0 Å². The zero-order valence-electron chi connectivity index (χ0n) is 10.2. The first-order valence-corrected chi connectivity index (χ1v) is 6.72. The van der Waals surface area contributed by atoms with Gasteiger partial charge in [-0.1, -0.05) is 18.5 Å². The molecule has 0 aliphatic heterocycles. The summed E-state index contributed by atoms with van der Waals surface area (Å²) < 4.78 is 8.48. The molecule has 6 heteroatoms. The molecule has 0 aliphatic rings. The molecular weight excluding hydrogens is 318 g/mol. The molecule has 0 amide bonds. The van der Waals surface area contributed by atoms with Gasteiger partial charge in [0, 0.05) is 19.3 Å². The number of aromatic nitrogens is 3. The number of aryl methyl sites for hydroxylation is 2. The van der Waals surface area contributed by atoms with Gasteiger partial charge in [-0.25, -0.2) is 0 Å². The molecule has 4 nitrogen and oxygen atoms in total. The molecule has 0 radical (unpaired) electrons. The monoisotopic (exact) mass is 329 g/mol. The number of nitrogens with zero attached hydrogens (tertiary/aromatic N) is 3. The van der Waals surface area contributed by atoms with Gasteiger partial charge in [0.05, 0.1) is 27.1 Å². The Bertz CT molecular complexity index is 556. The van der Waals surface area contributed by atoms with Gasteiger partial charge in [-0.2, -0.15) is 5.10 Å². The average Bonchev–Trinajstić information content (AvgIpc) is 2.62. The van der Waals surface area contributed by atoms with Crippen molar-refractivity contribution >= 4 is 27.5 Å². The fourth-order valence-electron chi connectivity index (χ4n) is 1.60. The molecule has 0 fully saturated rings. The van der Waals surface area contributed by atoms with Crippen molar-refractivity contribution in [2.24, 2.45) is 7.05 Å². The van der Waals surface area contributed by atoms with Crippen molar-refractivity contribution in [1.82, 2.24) is 14.8 Å². The lowest BCUT2D eigenvalue weighted by Crippen LogP contribution is -2.03. The summed E-state index contributed by atoms with van der Waals surface area (Å²) in [6, 6.07) is 1.74. The van der Waals surface area contributed by atoms with E-state index in [-0.39, 0.29) is 0 Å². The average molecular weight is 331 g/mol. The van der Waals surface area contributed by atoms with E-state index in [9.17, 15) is 0 Å². The topological polar surface area (TPSA) is 39.9 Å². The van der Waals surface area contributed by atoms with Crippen LogP contribution in [0.25, 0.3) is 0 Å². The first-order valence-electron chi connectivity index (χ1n) is 5.55. The highest BCUT2D eigenvalue weighted by molar-refractivity contribution is 9.10. The van der Waals surface area contributed by atoms with Gasteiger partial charge in [0.2, 0.25) is 0 Å². The van der Waals surface area contributed by atoms with E-state index in [0.717, 1.165) is 22.3 Å². The van der Waals surface area contributed by atoms with E-state index < -0.39 is 0 Å². The molecule has 0 atom stereocenters. The normalized spacial score (nSPS) is 10.7. The first kappa shape index (κ1) is 13.4. The molecule has 96 valence electrons. The summed E-state index contributed by atoms with van der Waals surface area (Å²) in [5, 5.41) is 4.97. The van der Waals surface area contributed by atoms with E-state index in [1.165, 1.54) is 0 Å². The van der Waals surface area contributed by atoms with E-state index in [1.807, 2.05) is 11.7 Å². The Morgan fingerprint density at radius 2 is 2.22 bits per heavy atom. The third-order valence-electron chi connectivity index (χ3n) is 2.56. The molecule has 0 saturated heterocycles. The van der Waals surface area contributed by atoms with Crippen LogP contribution in [0.2, 0.25) is 5.02 Å². The number of halogens is 2. The molecule has 0 aliphatic carbocycles. The van der Waals surface area contributed by atoms with Gasteiger partial charge in [0.15, 0.2) is 0 Å². The fraction of sp³-hybridized carbons (Fsp3) is 0.333. The third kappa shape index (κ3) is 2.84. The molecule has 0 aromatic carbocycles. The number of hydrogen-bond donors (Lipinski definition) is 0. The Balaban J connectivity index is 2.13. The van der Waals surface area contributed by atoms with Gasteiger partial charge in [-0.05, 0) is 22.4 Å². The summed E-state index contributed by atoms with van der Waals surface area (Å²) >= 11 is 9.39. The number of pyridine rings is 1. The van der Waals surface area contributed by atoms with Crippen LogP contribution in [0.1, 0.15) is 18.3 Å². The maximum atomic E-state index is 5.85. The summed E-state index contributed by atoms with van der Waals surface area (Å²) in [7, 11) is 1.90. The van der Waals surface area contributed by atoms with Crippen LogP contribution in [0.5, 0.6) is 5.75 Å². The van der Waals surface area contributed by atoms with Crippen molar-refractivity contribution in [2.75, 3.05) is 0 Å². The molecular formula is C12H13BrClN3O. The lowest BCUT2D eigenvalue weighted by atomic mass is 10.3. The zero-order valence-corrected chi connectivity index (χ0v) is 12.5. The Kier molecular flexibility index (Phi) is 4.24. The van der Waals surface area contributed by atoms with Gasteiger partial charge in [0.25, 0.3) is 0 Å². The van der Waals surface area contributed by atoms with E-state index >= 15 is 0 Å². The largest absolute Gasteiger partial charge is 0.486 e. The highest BCUT2D eigenvalue weighted by Crippen LogP contribution is 2.23. The van der Waals surface area contributed by atoms with Crippen molar-refractivity contribution < 1.29 is 4.74 Å².